The Labute approximate surface area is 151 Å². The highest BCUT2D eigenvalue weighted by atomic mass is 16.5. The van der Waals surface area contributed by atoms with Gasteiger partial charge in [0.05, 0.1) is 6.04 Å². The standard InChI is InChI=1S/C21H20N2O3/c1-14-12-19(24)18(13-22-14)21(25)23-15(2)17-10-6-7-11-20(17)26-16-8-4-3-5-9-16/h3-13,15H,1-2H3,(H,22,24)(H,23,25)/t15-/m0/s1. The van der Waals surface area contributed by atoms with Gasteiger partial charge in [-0.2, -0.15) is 0 Å². The van der Waals surface area contributed by atoms with E-state index in [1.165, 1.54) is 12.3 Å². The number of rotatable bonds is 5. The van der Waals surface area contributed by atoms with Crippen molar-refractivity contribution in [3.05, 3.63) is 93.9 Å². The van der Waals surface area contributed by atoms with Gasteiger partial charge in [0, 0.05) is 23.5 Å². The van der Waals surface area contributed by atoms with E-state index in [2.05, 4.69) is 10.3 Å². The predicted octanol–water partition coefficient (Wildman–Crippen LogP) is 3.97. The van der Waals surface area contributed by atoms with Crippen LogP contribution in [-0.2, 0) is 0 Å². The van der Waals surface area contributed by atoms with Crippen LogP contribution in [0.2, 0.25) is 0 Å². The van der Waals surface area contributed by atoms with Crippen molar-refractivity contribution in [3.63, 3.8) is 0 Å². The zero-order valence-electron chi connectivity index (χ0n) is 14.7. The summed E-state index contributed by atoms with van der Waals surface area (Å²) in [4.78, 5) is 27.4. The summed E-state index contributed by atoms with van der Waals surface area (Å²) in [6.07, 6.45) is 1.44. The molecule has 0 aliphatic carbocycles. The second kappa shape index (κ2) is 7.70. The molecule has 0 aliphatic heterocycles. The highest BCUT2D eigenvalue weighted by Gasteiger charge is 2.17. The second-order valence-corrected chi connectivity index (χ2v) is 6.04. The van der Waals surface area contributed by atoms with Crippen LogP contribution >= 0.6 is 0 Å². The molecule has 0 saturated carbocycles. The van der Waals surface area contributed by atoms with Gasteiger partial charge in [0.1, 0.15) is 17.1 Å². The smallest absolute Gasteiger partial charge is 0.257 e. The first-order valence-corrected chi connectivity index (χ1v) is 8.36. The minimum Gasteiger partial charge on any atom is -0.457 e. The van der Waals surface area contributed by atoms with E-state index in [1.807, 2.05) is 61.5 Å². The molecule has 1 heterocycles. The number of aromatic nitrogens is 1. The third kappa shape index (κ3) is 4.00. The summed E-state index contributed by atoms with van der Waals surface area (Å²) >= 11 is 0. The summed E-state index contributed by atoms with van der Waals surface area (Å²) in [6.45, 7) is 3.62. The molecule has 1 aromatic heterocycles. The van der Waals surface area contributed by atoms with Gasteiger partial charge >= 0.3 is 0 Å². The Balaban J connectivity index is 1.80. The van der Waals surface area contributed by atoms with Crippen molar-refractivity contribution in [1.82, 2.24) is 10.3 Å². The van der Waals surface area contributed by atoms with Crippen LogP contribution in [0.25, 0.3) is 0 Å². The summed E-state index contributed by atoms with van der Waals surface area (Å²) < 4.78 is 5.94. The van der Waals surface area contributed by atoms with E-state index in [-0.39, 0.29) is 17.0 Å². The molecular weight excluding hydrogens is 328 g/mol. The van der Waals surface area contributed by atoms with Crippen molar-refractivity contribution in [2.75, 3.05) is 0 Å². The monoisotopic (exact) mass is 348 g/mol. The lowest BCUT2D eigenvalue weighted by molar-refractivity contribution is 0.0938. The van der Waals surface area contributed by atoms with E-state index in [1.54, 1.807) is 6.92 Å². The zero-order chi connectivity index (χ0) is 18.5. The van der Waals surface area contributed by atoms with E-state index in [0.717, 1.165) is 5.56 Å². The SMILES string of the molecule is Cc1cc(=O)c(C(=O)N[C@@H](C)c2ccccc2Oc2ccccc2)c[nH]1. The number of benzene rings is 2. The number of para-hydroxylation sites is 2. The number of aryl methyl sites for hydroxylation is 1. The molecular formula is C21H20N2O3. The number of carbonyl (C=O) groups excluding carboxylic acids is 1. The Kier molecular flexibility index (Phi) is 5.17. The maximum absolute atomic E-state index is 12.5. The van der Waals surface area contributed by atoms with Crippen molar-refractivity contribution in [3.8, 4) is 11.5 Å². The summed E-state index contributed by atoms with van der Waals surface area (Å²) in [5.41, 5.74) is 1.32. The third-order valence-electron chi connectivity index (χ3n) is 4.01. The molecule has 1 atom stereocenters. The van der Waals surface area contributed by atoms with Crippen LogP contribution in [-0.4, -0.2) is 10.9 Å². The quantitative estimate of drug-likeness (QED) is 0.733. The minimum atomic E-state index is -0.423. The molecule has 3 rings (SSSR count). The maximum Gasteiger partial charge on any atom is 0.257 e. The number of hydrogen-bond donors (Lipinski definition) is 2. The summed E-state index contributed by atoms with van der Waals surface area (Å²) in [5, 5.41) is 2.86. The first-order chi connectivity index (χ1) is 12.5. The van der Waals surface area contributed by atoms with Crippen molar-refractivity contribution >= 4 is 5.91 Å². The van der Waals surface area contributed by atoms with E-state index in [9.17, 15) is 9.59 Å². The molecule has 5 nitrogen and oxygen atoms in total. The van der Waals surface area contributed by atoms with E-state index >= 15 is 0 Å². The van der Waals surface area contributed by atoms with E-state index in [4.69, 9.17) is 4.74 Å². The minimum absolute atomic E-state index is 0.0870. The largest absolute Gasteiger partial charge is 0.457 e. The van der Waals surface area contributed by atoms with E-state index in [0.29, 0.717) is 17.2 Å². The third-order valence-corrected chi connectivity index (χ3v) is 4.01. The van der Waals surface area contributed by atoms with Crippen LogP contribution in [0.15, 0.2) is 71.7 Å². The van der Waals surface area contributed by atoms with Gasteiger partial charge in [-0.05, 0) is 32.0 Å². The summed E-state index contributed by atoms with van der Waals surface area (Å²) in [5.74, 6) is 0.950. The number of pyridine rings is 1. The van der Waals surface area contributed by atoms with Crippen LogP contribution in [0.3, 0.4) is 0 Å². The molecule has 0 bridgehead atoms. The van der Waals surface area contributed by atoms with Gasteiger partial charge in [-0.3, -0.25) is 9.59 Å². The molecule has 1 amide bonds. The van der Waals surface area contributed by atoms with Crippen molar-refractivity contribution in [2.45, 2.75) is 19.9 Å². The molecule has 0 aliphatic rings. The number of carbonyl (C=O) groups is 1. The van der Waals surface area contributed by atoms with Crippen LogP contribution in [0.5, 0.6) is 11.5 Å². The van der Waals surface area contributed by atoms with Crippen molar-refractivity contribution in [1.29, 1.82) is 0 Å². The Morgan fingerprint density at radius 3 is 2.50 bits per heavy atom. The Morgan fingerprint density at radius 1 is 1.08 bits per heavy atom. The first-order valence-electron chi connectivity index (χ1n) is 8.36. The highest BCUT2D eigenvalue weighted by molar-refractivity contribution is 5.94. The van der Waals surface area contributed by atoms with Crippen LogP contribution in [0, 0.1) is 6.92 Å². The Morgan fingerprint density at radius 2 is 1.77 bits per heavy atom. The molecule has 26 heavy (non-hydrogen) atoms. The van der Waals surface area contributed by atoms with Gasteiger partial charge < -0.3 is 15.0 Å². The number of H-pyrrole nitrogens is 1. The zero-order valence-corrected chi connectivity index (χ0v) is 14.7. The fourth-order valence-electron chi connectivity index (χ4n) is 2.65. The van der Waals surface area contributed by atoms with Gasteiger partial charge in [-0.15, -0.1) is 0 Å². The molecule has 0 saturated heterocycles. The number of amides is 1. The van der Waals surface area contributed by atoms with Gasteiger partial charge in [0.2, 0.25) is 0 Å². The number of ether oxygens (including phenoxy) is 1. The van der Waals surface area contributed by atoms with Gasteiger partial charge in [-0.1, -0.05) is 36.4 Å². The lowest BCUT2D eigenvalue weighted by atomic mass is 10.1. The molecule has 0 unspecified atom stereocenters. The molecule has 132 valence electrons. The van der Waals surface area contributed by atoms with Gasteiger partial charge in [0.25, 0.3) is 5.91 Å². The second-order valence-electron chi connectivity index (χ2n) is 6.04. The fourth-order valence-corrected chi connectivity index (χ4v) is 2.65. The lowest BCUT2D eigenvalue weighted by Crippen LogP contribution is -2.31. The number of hydrogen-bond acceptors (Lipinski definition) is 3. The van der Waals surface area contributed by atoms with Crippen LogP contribution in [0.4, 0.5) is 0 Å². The average molecular weight is 348 g/mol. The molecule has 0 fully saturated rings. The normalized spacial score (nSPS) is 11.6. The van der Waals surface area contributed by atoms with E-state index < -0.39 is 5.91 Å². The van der Waals surface area contributed by atoms with Crippen LogP contribution in [0.1, 0.15) is 34.6 Å². The van der Waals surface area contributed by atoms with Gasteiger partial charge in [-0.25, -0.2) is 0 Å². The molecule has 0 radical (unpaired) electrons. The Hall–Kier alpha value is -3.34. The number of nitrogens with one attached hydrogen (secondary N) is 2. The van der Waals surface area contributed by atoms with Crippen LogP contribution < -0.4 is 15.5 Å². The number of aromatic amines is 1. The predicted molar refractivity (Wildman–Crippen MR) is 101 cm³/mol. The topological polar surface area (TPSA) is 71.2 Å². The van der Waals surface area contributed by atoms with Crippen molar-refractivity contribution in [2.24, 2.45) is 0 Å². The molecule has 2 N–H and O–H groups in total. The highest BCUT2D eigenvalue weighted by Crippen LogP contribution is 2.29. The van der Waals surface area contributed by atoms with Crippen molar-refractivity contribution < 1.29 is 9.53 Å². The van der Waals surface area contributed by atoms with Gasteiger partial charge in [0.15, 0.2) is 5.43 Å². The molecule has 0 spiro atoms. The summed E-state index contributed by atoms with van der Waals surface area (Å²) in [6, 6.07) is 18.0. The summed E-state index contributed by atoms with van der Waals surface area (Å²) in [7, 11) is 0. The lowest BCUT2D eigenvalue weighted by Gasteiger charge is -2.18. The molecule has 5 heteroatoms. The fraction of sp³-hybridized carbons (Fsp3) is 0.143. The first kappa shape index (κ1) is 17.5. The molecule has 2 aromatic carbocycles. The molecule has 3 aromatic rings. The maximum atomic E-state index is 12.5. The average Bonchev–Trinajstić information content (AvgIpc) is 2.62. The Bertz CT molecular complexity index is 964.